The minimum Gasteiger partial charge on any atom is -0.343 e. The number of nitrogens with zero attached hydrogens (tertiary/aromatic N) is 3. The first-order valence-corrected chi connectivity index (χ1v) is 11.7. The Morgan fingerprint density at radius 3 is 2.36 bits per heavy atom. The molecule has 1 aliphatic rings. The van der Waals surface area contributed by atoms with Gasteiger partial charge in [0, 0.05) is 31.1 Å². The molecule has 1 saturated heterocycles. The molecule has 0 N–H and O–H groups in total. The van der Waals surface area contributed by atoms with Crippen LogP contribution in [0.5, 0.6) is 0 Å². The Morgan fingerprint density at radius 1 is 1.00 bits per heavy atom. The van der Waals surface area contributed by atoms with E-state index in [4.69, 9.17) is 4.98 Å². The highest BCUT2D eigenvalue weighted by Gasteiger charge is 2.28. The van der Waals surface area contributed by atoms with Crippen molar-refractivity contribution in [1.82, 2.24) is 14.5 Å². The van der Waals surface area contributed by atoms with Gasteiger partial charge < -0.3 is 9.47 Å². The molecule has 2 heterocycles. The van der Waals surface area contributed by atoms with E-state index in [-0.39, 0.29) is 23.7 Å². The average Bonchev–Trinajstić information content (AvgIpc) is 3.23. The zero-order valence-electron chi connectivity index (χ0n) is 18.8. The lowest BCUT2D eigenvalue weighted by Gasteiger charge is -2.34. The van der Waals surface area contributed by atoms with Gasteiger partial charge in [-0.2, -0.15) is 0 Å². The molecule has 1 amide bonds. The summed E-state index contributed by atoms with van der Waals surface area (Å²) in [6, 6.07) is 25.2. The molecule has 3 aromatic carbocycles. The summed E-state index contributed by atoms with van der Waals surface area (Å²) in [5, 5.41) is 0. The van der Waals surface area contributed by atoms with Gasteiger partial charge in [-0.05, 0) is 42.5 Å². The van der Waals surface area contributed by atoms with E-state index >= 15 is 0 Å². The number of halogens is 1. The Balaban J connectivity index is 1.35. The van der Waals surface area contributed by atoms with Crippen LogP contribution in [0.1, 0.15) is 43.7 Å². The van der Waals surface area contributed by atoms with Gasteiger partial charge in [-0.1, -0.05) is 67.6 Å². The molecule has 0 bridgehead atoms. The number of benzene rings is 3. The normalized spacial score (nSPS) is 15.6. The molecule has 1 aromatic heterocycles. The molecule has 0 spiro atoms. The fourth-order valence-electron chi connectivity index (χ4n) is 4.89. The van der Waals surface area contributed by atoms with Gasteiger partial charge in [-0.3, -0.25) is 4.79 Å². The maximum atomic E-state index is 14.1. The summed E-state index contributed by atoms with van der Waals surface area (Å²) in [6.07, 6.45) is 2.17. The van der Waals surface area contributed by atoms with Gasteiger partial charge in [-0.15, -0.1) is 0 Å². The Hall–Kier alpha value is -3.47. The molecule has 168 valence electrons. The third-order valence-corrected chi connectivity index (χ3v) is 6.72. The van der Waals surface area contributed by atoms with Gasteiger partial charge in [0.25, 0.3) is 0 Å². The topological polar surface area (TPSA) is 38.1 Å². The Kier molecular flexibility index (Phi) is 5.95. The van der Waals surface area contributed by atoms with Crippen molar-refractivity contribution >= 4 is 16.9 Å². The summed E-state index contributed by atoms with van der Waals surface area (Å²) in [5.74, 6) is 1.00. The van der Waals surface area contributed by atoms with Crippen molar-refractivity contribution in [3.8, 4) is 11.4 Å². The number of rotatable bonds is 5. The molecular weight excluding hydrogens is 413 g/mol. The standard InChI is InChI=1S/C28H28FN3O/c1-20(21-8-4-2-5-9-21)18-27(33)31-16-14-24(15-17-31)32-26-19-23(29)12-13-25(26)30-28(32)22-10-6-3-7-11-22/h2-13,19-20,24H,14-18H2,1H3/t20-/m0/s1. The third kappa shape index (κ3) is 4.40. The van der Waals surface area contributed by atoms with Crippen molar-refractivity contribution in [2.45, 2.75) is 38.1 Å². The number of carbonyl (C=O) groups is 1. The molecule has 4 aromatic rings. The van der Waals surface area contributed by atoms with Crippen LogP contribution in [0.15, 0.2) is 78.9 Å². The van der Waals surface area contributed by atoms with E-state index in [0.717, 1.165) is 35.3 Å². The molecular formula is C28H28FN3O. The number of aromatic nitrogens is 2. The minimum absolute atomic E-state index is 0.169. The van der Waals surface area contributed by atoms with Gasteiger partial charge in [0.15, 0.2) is 0 Å². The molecule has 1 atom stereocenters. The number of imidazole rings is 1. The van der Waals surface area contributed by atoms with Crippen LogP contribution in [-0.4, -0.2) is 33.4 Å². The number of carbonyl (C=O) groups excluding carboxylic acids is 1. The second-order valence-electron chi connectivity index (χ2n) is 8.93. The monoisotopic (exact) mass is 441 g/mol. The van der Waals surface area contributed by atoms with Crippen molar-refractivity contribution in [3.63, 3.8) is 0 Å². The second-order valence-corrected chi connectivity index (χ2v) is 8.93. The SMILES string of the molecule is C[C@@H](CC(=O)N1CCC(n2c(-c3ccccc3)nc3ccc(F)cc32)CC1)c1ccccc1. The van der Waals surface area contributed by atoms with Gasteiger partial charge in [0.1, 0.15) is 11.6 Å². The summed E-state index contributed by atoms with van der Waals surface area (Å²) in [5.41, 5.74) is 3.83. The molecule has 1 aliphatic heterocycles. The van der Waals surface area contributed by atoms with Crippen LogP contribution < -0.4 is 0 Å². The van der Waals surface area contributed by atoms with Crippen molar-refractivity contribution < 1.29 is 9.18 Å². The van der Waals surface area contributed by atoms with E-state index < -0.39 is 0 Å². The summed E-state index contributed by atoms with van der Waals surface area (Å²) in [7, 11) is 0. The average molecular weight is 442 g/mol. The number of likely N-dealkylation sites (tertiary alicyclic amines) is 1. The van der Waals surface area contributed by atoms with Crippen LogP contribution in [0.25, 0.3) is 22.4 Å². The van der Waals surface area contributed by atoms with Gasteiger partial charge in [0.05, 0.1) is 11.0 Å². The van der Waals surface area contributed by atoms with Crippen molar-refractivity contribution in [1.29, 1.82) is 0 Å². The van der Waals surface area contributed by atoms with Crippen LogP contribution >= 0.6 is 0 Å². The first-order valence-electron chi connectivity index (χ1n) is 11.7. The summed E-state index contributed by atoms with van der Waals surface area (Å²) in [4.78, 5) is 19.8. The van der Waals surface area contributed by atoms with Crippen LogP contribution in [0, 0.1) is 5.82 Å². The number of piperidine rings is 1. The Bertz CT molecular complexity index is 1240. The van der Waals surface area contributed by atoms with Gasteiger partial charge in [-0.25, -0.2) is 9.37 Å². The lowest BCUT2D eigenvalue weighted by Crippen LogP contribution is -2.39. The number of hydrogen-bond acceptors (Lipinski definition) is 2. The molecule has 4 nitrogen and oxygen atoms in total. The van der Waals surface area contributed by atoms with Crippen molar-refractivity contribution in [2.24, 2.45) is 0 Å². The van der Waals surface area contributed by atoms with E-state index in [9.17, 15) is 9.18 Å². The molecule has 0 aliphatic carbocycles. The molecule has 5 heteroatoms. The molecule has 0 unspecified atom stereocenters. The quantitative estimate of drug-likeness (QED) is 0.370. The fraction of sp³-hybridized carbons (Fsp3) is 0.286. The first kappa shape index (κ1) is 21.4. The number of hydrogen-bond donors (Lipinski definition) is 0. The smallest absolute Gasteiger partial charge is 0.223 e. The maximum absolute atomic E-state index is 14.1. The zero-order valence-corrected chi connectivity index (χ0v) is 18.8. The van der Waals surface area contributed by atoms with Crippen LogP contribution in [-0.2, 0) is 4.79 Å². The number of fused-ring (bicyclic) bond motifs is 1. The van der Waals surface area contributed by atoms with E-state index in [1.165, 1.54) is 11.6 Å². The largest absolute Gasteiger partial charge is 0.343 e. The second kappa shape index (κ2) is 9.18. The summed E-state index contributed by atoms with van der Waals surface area (Å²) < 4.78 is 16.3. The molecule has 0 saturated carbocycles. The minimum atomic E-state index is -0.259. The summed E-state index contributed by atoms with van der Waals surface area (Å²) >= 11 is 0. The first-order chi connectivity index (χ1) is 16.1. The third-order valence-electron chi connectivity index (χ3n) is 6.72. The Morgan fingerprint density at radius 2 is 1.67 bits per heavy atom. The molecule has 33 heavy (non-hydrogen) atoms. The predicted molar refractivity (Wildman–Crippen MR) is 129 cm³/mol. The molecule has 1 fully saturated rings. The molecule has 0 radical (unpaired) electrons. The maximum Gasteiger partial charge on any atom is 0.223 e. The Labute approximate surface area is 193 Å². The molecule has 5 rings (SSSR count). The van der Waals surface area contributed by atoms with Gasteiger partial charge in [0.2, 0.25) is 5.91 Å². The zero-order chi connectivity index (χ0) is 22.8. The highest BCUT2D eigenvalue weighted by atomic mass is 19.1. The van der Waals surface area contributed by atoms with Crippen molar-refractivity contribution in [3.05, 3.63) is 90.2 Å². The number of amides is 1. The van der Waals surface area contributed by atoms with Crippen LogP contribution in [0.2, 0.25) is 0 Å². The van der Waals surface area contributed by atoms with Crippen LogP contribution in [0.4, 0.5) is 4.39 Å². The van der Waals surface area contributed by atoms with Gasteiger partial charge >= 0.3 is 0 Å². The highest BCUT2D eigenvalue weighted by Crippen LogP contribution is 2.34. The van der Waals surface area contributed by atoms with E-state index in [2.05, 4.69) is 23.6 Å². The lowest BCUT2D eigenvalue weighted by molar-refractivity contribution is -0.132. The van der Waals surface area contributed by atoms with Crippen molar-refractivity contribution in [2.75, 3.05) is 13.1 Å². The van der Waals surface area contributed by atoms with Crippen LogP contribution in [0.3, 0.4) is 0 Å². The van der Waals surface area contributed by atoms with E-state index in [1.807, 2.05) is 53.4 Å². The lowest BCUT2D eigenvalue weighted by atomic mass is 9.96. The van der Waals surface area contributed by atoms with E-state index in [0.29, 0.717) is 19.5 Å². The fourth-order valence-corrected chi connectivity index (χ4v) is 4.89. The summed E-state index contributed by atoms with van der Waals surface area (Å²) in [6.45, 7) is 3.51. The highest BCUT2D eigenvalue weighted by molar-refractivity contribution is 5.81. The van der Waals surface area contributed by atoms with E-state index in [1.54, 1.807) is 12.1 Å². The predicted octanol–water partition coefficient (Wildman–Crippen LogP) is 6.20.